The van der Waals surface area contributed by atoms with Crippen LogP contribution in [0, 0.1) is 0 Å². The van der Waals surface area contributed by atoms with Crippen molar-refractivity contribution in [3.05, 3.63) is 65.9 Å². The molecule has 0 bridgehead atoms. The average Bonchev–Trinajstić information content (AvgIpc) is 2.81. The fraction of sp³-hybridized carbons (Fsp3) is 0.400. The van der Waals surface area contributed by atoms with Gasteiger partial charge in [0.05, 0.1) is 0 Å². The lowest BCUT2D eigenvalue weighted by Crippen LogP contribution is -2.49. The van der Waals surface area contributed by atoms with E-state index in [1.807, 2.05) is 42.5 Å². The SMILES string of the molecule is CC(C)N1CCN(c2nnc(C(=O)NCCCc3ccccc3)c3ccccc23)CC1. The Morgan fingerprint density at radius 3 is 2.32 bits per heavy atom. The van der Waals surface area contributed by atoms with Gasteiger partial charge < -0.3 is 10.2 Å². The number of amides is 1. The number of piperazine rings is 1. The molecule has 0 saturated carbocycles. The Morgan fingerprint density at radius 1 is 0.935 bits per heavy atom. The number of aromatic nitrogens is 2. The van der Waals surface area contributed by atoms with Gasteiger partial charge in [-0.25, -0.2) is 0 Å². The van der Waals surface area contributed by atoms with Crippen molar-refractivity contribution in [2.24, 2.45) is 0 Å². The van der Waals surface area contributed by atoms with Crippen molar-refractivity contribution in [1.29, 1.82) is 0 Å². The van der Waals surface area contributed by atoms with Gasteiger partial charge in [0.15, 0.2) is 11.5 Å². The van der Waals surface area contributed by atoms with Gasteiger partial charge in [-0.05, 0) is 32.3 Å². The third-order valence-electron chi connectivity index (χ3n) is 6.00. The van der Waals surface area contributed by atoms with Gasteiger partial charge in [0.2, 0.25) is 0 Å². The van der Waals surface area contributed by atoms with E-state index in [1.54, 1.807) is 0 Å². The highest BCUT2D eigenvalue weighted by molar-refractivity contribution is 6.07. The highest BCUT2D eigenvalue weighted by atomic mass is 16.1. The Labute approximate surface area is 184 Å². The van der Waals surface area contributed by atoms with Crippen LogP contribution in [0.3, 0.4) is 0 Å². The van der Waals surface area contributed by atoms with Crippen molar-refractivity contribution >= 4 is 22.5 Å². The van der Waals surface area contributed by atoms with Crippen molar-refractivity contribution < 1.29 is 4.79 Å². The molecule has 1 aliphatic rings. The lowest BCUT2D eigenvalue weighted by atomic mass is 10.1. The molecule has 0 spiro atoms. The van der Waals surface area contributed by atoms with E-state index in [0.717, 1.165) is 55.6 Å². The van der Waals surface area contributed by atoms with E-state index in [9.17, 15) is 4.79 Å². The number of benzene rings is 2. The topological polar surface area (TPSA) is 61.4 Å². The molecule has 162 valence electrons. The van der Waals surface area contributed by atoms with Crippen LogP contribution in [-0.4, -0.2) is 59.8 Å². The van der Waals surface area contributed by atoms with Gasteiger partial charge in [-0.15, -0.1) is 10.2 Å². The molecule has 6 heteroatoms. The van der Waals surface area contributed by atoms with E-state index in [1.165, 1.54) is 5.56 Å². The van der Waals surface area contributed by atoms with Gasteiger partial charge in [-0.1, -0.05) is 54.6 Å². The average molecular weight is 418 g/mol. The first-order valence-corrected chi connectivity index (χ1v) is 11.2. The molecule has 31 heavy (non-hydrogen) atoms. The lowest BCUT2D eigenvalue weighted by Gasteiger charge is -2.37. The molecule has 2 aromatic carbocycles. The Bertz CT molecular complexity index is 1010. The summed E-state index contributed by atoms with van der Waals surface area (Å²) in [5.41, 5.74) is 1.68. The number of carbonyl (C=O) groups excluding carboxylic acids is 1. The lowest BCUT2D eigenvalue weighted by molar-refractivity contribution is 0.0949. The molecule has 2 heterocycles. The minimum atomic E-state index is -0.159. The number of anilines is 1. The normalized spacial score (nSPS) is 14.9. The molecule has 1 aromatic heterocycles. The number of rotatable bonds is 7. The van der Waals surface area contributed by atoms with E-state index in [4.69, 9.17) is 0 Å². The molecule has 0 aliphatic carbocycles. The molecule has 1 saturated heterocycles. The number of hydrogen-bond donors (Lipinski definition) is 1. The van der Waals surface area contributed by atoms with Crippen molar-refractivity contribution in [3.8, 4) is 0 Å². The van der Waals surface area contributed by atoms with Crippen LogP contribution in [0.15, 0.2) is 54.6 Å². The highest BCUT2D eigenvalue weighted by Gasteiger charge is 2.23. The summed E-state index contributed by atoms with van der Waals surface area (Å²) in [7, 11) is 0. The molecule has 1 aliphatic heterocycles. The summed E-state index contributed by atoms with van der Waals surface area (Å²) < 4.78 is 0. The van der Waals surface area contributed by atoms with Crippen molar-refractivity contribution in [2.75, 3.05) is 37.6 Å². The molecule has 0 unspecified atom stereocenters. The van der Waals surface area contributed by atoms with Gasteiger partial charge in [0, 0.05) is 49.5 Å². The molecule has 1 amide bonds. The molecule has 4 rings (SSSR count). The van der Waals surface area contributed by atoms with Gasteiger partial charge in [-0.3, -0.25) is 9.69 Å². The molecule has 1 fully saturated rings. The minimum absolute atomic E-state index is 0.159. The summed E-state index contributed by atoms with van der Waals surface area (Å²) in [6, 6.07) is 18.8. The molecule has 0 radical (unpaired) electrons. The van der Waals surface area contributed by atoms with Crippen LogP contribution >= 0.6 is 0 Å². The number of carbonyl (C=O) groups is 1. The fourth-order valence-corrected chi connectivity index (χ4v) is 4.16. The molecule has 0 atom stereocenters. The highest BCUT2D eigenvalue weighted by Crippen LogP contribution is 2.27. The number of fused-ring (bicyclic) bond motifs is 1. The summed E-state index contributed by atoms with van der Waals surface area (Å²) in [4.78, 5) is 17.6. The Morgan fingerprint density at radius 2 is 1.61 bits per heavy atom. The number of nitrogens with one attached hydrogen (secondary N) is 1. The summed E-state index contributed by atoms with van der Waals surface area (Å²) >= 11 is 0. The van der Waals surface area contributed by atoms with E-state index < -0.39 is 0 Å². The van der Waals surface area contributed by atoms with Crippen LogP contribution < -0.4 is 10.2 Å². The Hall–Kier alpha value is -2.99. The van der Waals surface area contributed by atoms with E-state index >= 15 is 0 Å². The third-order valence-corrected chi connectivity index (χ3v) is 6.00. The predicted octanol–water partition coefficient (Wildman–Crippen LogP) is 3.52. The minimum Gasteiger partial charge on any atom is -0.352 e. The second-order valence-electron chi connectivity index (χ2n) is 8.38. The third kappa shape index (κ3) is 5.02. The van der Waals surface area contributed by atoms with Crippen molar-refractivity contribution in [1.82, 2.24) is 20.4 Å². The summed E-state index contributed by atoms with van der Waals surface area (Å²) in [5.74, 6) is 0.715. The van der Waals surface area contributed by atoms with Gasteiger partial charge >= 0.3 is 0 Å². The summed E-state index contributed by atoms with van der Waals surface area (Å²) in [5, 5.41) is 13.7. The smallest absolute Gasteiger partial charge is 0.272 e. The molecule has 1 N–H and O–H groups in total. The van der Waals surface area contributed by atoms with Gasteiger partial charge in [0.1, 0.15) is 0 Å². The van der Waals surface area contributed by atoms with Crippen molar-refractivity contribution in [3.63, 3.8) is 0 Å². The molecular weight excluding hydrogens is 386 g/mol. The maximum Gasteiger partial charge on any atom is 0.272 e. The first-order chi connectivity index (χ1) is 15.1. The second-order valence-corrected chi connectivity index (χ2v) is 8.38. The zero-order chi connectivity index (χ0) is 21.6. The Balaban J connectivity index is 1.44. The molecule has 6 nitrogen and oxygen atoms in total. The van der Waals surface area contributed by atoms with Gasteiger partial charge in [0.25, 0.3) is 5.91 Å². The molecule has 3 aromatic rings. The summed E-state index contributed by atoms with van der Waals surface area (Å²) in [6.07, 6.45) is 1.83. The summed E-state index contributed by atoms with van der Waals surface area (Å²) in [6.45, 7) is 8.94. The first kappa shape index (κ1) is 21.2. The zero-order valence-electron chi connectivity index (χ0n) is 18.4. The van der Waals surface area contributed by atoms with Crippen LogP contribution in [0.2, 0.25) is 0 Å². The maximum absolute atomic E-state index is 12.8. The monoisotopic (exact) mass is 417 g/mol. The zero-order valence-corrected chi connectivity index (χ0v) is 18.4. The van der Waals surface area contributed by atoms with E-state index in [-0.39, 0.29) is 5.91 Å². The van der Waals surface area contributed by atoms with Crippen LogP contribution in [-0.2, 0) is 6.42 Å². The van der Waals surface area contributed by atoms with Gasteiger partial charge in [-0.2, -0.15) is 0 Å². The van der Waals surface area contributed by atoms with Crippen LogP contribution in [0.4, 0.5) is 5.82 Å². The van der Waals surface area contributed by atoms with E-state index in [0.29, 0.717) is 18.3 Å². The number of nitrogens with zero attached hydrogens (tertiary/aromatic N) is 4. The van der Waals surface area contributed by atoms with Crippen LogP contribution in [0.5, 0.6) is 0 Å². The number of hydrogen-bond acceptors (Lipinski definition) is 5. The first-order valence-electron chi connectivity index (χ1n) is 11.2. The Kier molecular flexibility index (Phi) is 6.77. The second kappa shape index (κ2) is 9.88. The standard InChI is InChI=1S/C25H31N5O/c1-19(2)29-15-17-30(18-16-29)24-22-13-7-6-12-21(22)23(27-28-24)25(31)26-14-8-11-20-9-4-3-5-10-20/h3-7,9-10,12-13,19H,8,11,14-18H2,1-2H3,(H,26,31). The van der Waals surface area contributed by atoms with Crippen LogP contribution in [0.1, 0.15) is 36.3 Å². The number of aryl methyl sites for hydroxylation is 1. The largest absolute Gasteiger partial charge is 0.352 e. The van der Waals surface area contributed by atoms with E-state index in [2.05, 4.69) is 51.3 Å². The van der Waals surface area contributed by atoms with Crippen LogP contribution in [0.25, 0.3) is 10.8 Å². The fourth-order valence-electron chi connectivity index (χ4n) is 4.16. The quantitative estimate of drug-likeness (QED) is 0.596. The maximum atomic E-state index is 12.8. The van der Waals surface area contributed by atoms with Crippen molar-refractivity contribution in [2.45, 2.75) is 32.7 Å². The predicted molar refractivity (Wildman–Crippen MR) is 126 cm³/mol. The molecular formula is C25H31N5O.